The van der Waals surface area contributed by atoms with Gasteiger partial charge in [-0.1, -0.05) is 56.3 Å². The van der Waals surface area contributed by atoms with Gasteiger partial charge in [0.15, 0.2) is 0 Å². The van der Waals surface area contributed by atoms with Gasteiger partial charge in [0.05, 0.1) is 4.90 Å². The molecule has 0 aromatic heterocycles. The third kappa shape index (κ3) is 7.45. The molecule has 2 aromatic rings. The molecule has 1 atom stereocenters. The van der Waals surface area contributed by atoms with Crippen molar-refractivity contribution in [3.05, 3.63) is 65.7 Å². The molecule has 6 nitrogen and oxygen atoms in total. The highest BCUT2D eigenvalue weighted by Gasteiger charge is 2.21. The Balaban J connectivity index is 1.86. The minimum Gasteiger partial charge on any atom is -0.355 e. The summed E-state index contributed by atoms with van der Waals surface area (Å²) in [5.41, 5.74) is 2.19. The third-order valence-electron chi connectivity index (χ3n) is 5.49. The van der Waals surface area contributed by atoms with Gasteiger partial charge in [-0.25, -0.2) is 8.42 Å². The Morgan fingerprint density at radius 2 is 1.55 bits per heavy atom. The van der Waals surface area contributed by atoms with E-state index in [1.807, 2.05) is 46.1 Å². The fraction of sp³-hybridized carbons (Fsp3) is 0.458. The SMILES string of the molecule is CCN(CC)S(=O)(=O)c1ccc(CCC(=O)NCC(Cc2ccccc2)N(C)C)cc1. The molecule has 0 saturated carbocycles. The molecule has 170 valence electrons. The summed E-state index contributed by atoms with van der Waals surface area (Å²) in [6, 6.07) is 17.3. The number of nitrogens with one attached hydrogen (secondary N) is 1. The number of benzene rings is 2. The van der Waals surface area contributed by atoms with Crippen LogP contribution in [0.25, 0.3) is 0 Å². The van der Waals surface area contributed by atoms with Crippen LogP contribution >= 0.6 is 0 Å². The Bertz CT molecular complexity index is 909. The zero-order valence-electron chi connectivity index (χ0n) is 19.0. The molecule has 31 heavy (non-hydrogen) atoms. The molecule has 2 rings (SSSR count). The van der Waals surface area contributed by atoms with Gasteiger partial charge in [-0.15, -0.1) is 0 Å². The lowest BCUT2D eigenvalue weighted by Crippen LogP contribution is -2.41. The van der Waals surface area contributed by atoms with Crippen molar-refractivity contribution in [3.63, 3.8) is 0 Å². The second kappa shape index (κ2) is 12.0. The second-order valence-electron chi connectivity index (χ2n) is 7.84. The van der Waals surface area contributed by atoms with Crippen LogP contribution in [0.5, 0.6) is 0 Å². The first-order valence-electron chi connectivity index (χ1n) is 10.8. The smallest absolute Gasteiger partial charge is 0.243 e. The topological polar surface area (TPSA) is 69.7 Å². The van der Waals surface area contributed by atoms with Crippen molar-refractivity contribution < 1.29 is 13.2 Å². The van der Waals surface area contributed by atoms with Crippen LogP contribution in [-0.2, 0) is 27.7 Å². The molecule has 0 fully saturated rings. The predicted molar refractivity (Wildman–Crippen MR) is 126 cm³/mol. The van der Waals surface area contributed by atoms with Gasteiger partial charge >= 0.3 is 0 Å². The summed E-state index contributed by atoms with van der Waals surface area (Å²) in [5.74, 6) is -0.000231. The van der Waals surface area contributed by atoms with Crippen molar-refractivity contribution in [2.45, 2.75) is 44.0 Å². The van der Waals surface area contributed by atoms with E-state index < -0.39 is 10.0 Å². The number of nitrogens with zero attached hydrogens (tertiary/aromatic N) is 2. The molecule has 0 heterocycles. The number of aryl methyl sites for hydroxylation is 1. The van der Waals surface area contributed by atoms with Gasteiger partial charge in [-0.3, -0.25) is 4.79 Å². The Kier molecular flexibility index (Phi) is 9.68. The summed E-state index contributed by atoms with van der Waals surface area (Å²) in [7, 11) is 0.591. The van der Waals surface area contributed by atoms with E-state index in [1.54, 1.807) is 24.3 Å². The first-order chi connectivity index (χ1) is 14.8. The highest BCUT2D eigenvalue weighted by atomic mass is 32.2. The number of amides is 1. The fourth-order valence-electron chi connectivity index (χ4n) is 3.44. The highest BCUT2D eigenvalue weighted by molar-refractivity contribution is 7.89. The van der Waals surface area contributed by atoms with Crippen LogP contribution in [0.1, 0.15) is 31.4 Å². The minimum absolute atomic E-state index is 0.000231. The molecule has 0 aliphatic heterocycles. The molecule has 0 radical (unpaired) electrons. The summed E-state index contributed by atoms with van der Waals surface area (Å²) < 4.78 is 26.6. The number of hydrogen-bond acceptors (Lipinski definition) is 4. The van der Waals surface area contributed by atoms with Crippen molar-refractivity contribution in [3.8, 4) is 0 Å². The van der Waals surface area contributed by atoms with Gasteiger partial charge in [0, 0.05) is 32.1 Å². The maximum atomic E-state index is 12.6. The number of sulfonamides is 1. The molecule has 1 amide bonds. The average Bonchev–Trinajstić information content (AvgIpc) is 2.76. The Morgan fingerprint density at radius 3 is 2.10 bits per heavy atom. The Morgan fingerprint density at radius 1 is 0.935 bits per heavy atom. The molecule has 0 spiro atoms. The molecule has 1 N–H and O–H groups in total. The molecule has 7 heteroatoms. The maximum Gasteiger partial charge on any atom is 0.243 e. The maximum absolute atomic E-state index is 12.6. The second-order valence-corrected chi connectivity index (χ2v) is 9.78. The van der Waals surface area contributed by atoms with Gasteiger partial charge in [0.1, 0.15) is 0 Å². The number of carbonyl (C=O) groups excluding carboxylic acids is 1. The minimum atomic E-state index is -3.45. The number of hydrogen-bond donors (Lipinski definition) is 1. The van der Waals surface area contributed by atoms with E-state index in [1.165, 1.54) is 9.87 Å². The third-order valence-corrected chi connectivity index (χ3v) is 7.55. The molecular weight excluding hydrogens is 410 g/mol. The van der Waals surface area contributed by atoms with Crippen LogP contribution in [-0.4, -0.2) is 63.3 Å². The summed E-state index contributed by atoms with van der Waals surface area (Å²) in [6.45, 7) is 5.13. The van der Waals surface area contributed by atoms with Crippen molar-refractivity contribution in [2.24, 2.45) is 0 Å². The van der Waals surface area contributed by atoms with Crippen molar-refractivity contribution >= 4 is 15.9 Å². The zero-order chi connectivity index (χ0) is 22.9. The van der Waals surface area contributed by atoms with Crippen LogP contribution in [0, 0.1) is 0 Å². The van der Waals surface area contributed by atoms with E-state index in [-0.39, 0.29) is 11.9 Å². The summed E-state index contributed by atoms with van der Waals surface area (Å²) in [4.78, 5) is 14.8. The van der Waals surface area contributed by atoms with Crippen LogP contribution in [0.2, 0.25) is 0 Å². The van der Waals surface area contributed by atoms with Crippen LogP contribution in [0.3, 0.4) is 0 Å². The van der Waals surface area contributed by atoms with Crippen LogP contribution in [0.4, 0.5) is 0 Å². The van der Waals surface area contributed by atoms with E-state index in [2.05, 4.69) is 22.3 Å². The zero-order valence-corrected chi connectivity index (χ0v) is 19.9. The number of rotatable bonds is 12. The quantitative estimate of drug-likeness (QED) is 0.545. The van der Waals surface area contributed by atoms with Crippen molar-refractivity contribution in [1.29, 1.82) is 0 Å². The summed E-state index contributed by atoms with van der Waals surface area (Å²) in [5, 5.41) is 3.04. The number of likely N-dealkylation sites (N-methyl/N-ethyl adjacent to an activating group) is 1. The van der Waals surface area contributed by atoms with Gasteiger partial charge in [0.2, 0.25) is 15.9 Å². The van der Waals surface area contributed by atoms with E-state index >= 15 is 0 Å². The van der Waals surface area contributed by atoms with Gasteiger partial charge < -0.3 is 10.2 Å². The largest absolute Gasteiger partial charge is 0.355 e. The summed E-state index contributed by atoms with van der Waals surface area (Å²) in [6.07, 6.45) is 1.81. The molecular formula is C24H35N3O3S. The average molecular weight is 446 g/mol. The standard InChI is InChI=1S/C24H35N3O3S/c1-5-27(6-2)31(29,30)23-15-12-20(13-16-23)14-17-24(28)25-19-22(26(3)4)18-21-10-8-7-9-11-21/h7-13,15-16,22H,5-6,14,17-19H2,1-4H3,(H,25,28). The monoisotopic (exact) mass is 445 g/mol. The highest BCUT2D eigenvalue weighted by Crippen LogP contribution is 2.17. The first-order valence-corrected chi connectivity index (χ1v) is 12.3. The van der Waals surface area contributed by atoms with Gasteiger partial charge in [-0.2, -0.15) is 4.31 Å². The summed E-state index contributed by atoms with van der Waals surface area (Å²) >= 11 is 0. The molecule has 0 bridgehead atoms. The molecule has 0 aliphatic rings. The fourth-order valence-corrected chi connectivity index (χ4v) is 4.90. The van der Waals surface area contributed by atoms with E-state index in [4.69, 9.17) is 0 Å². The normalized spacial score (nSPS) is 12.8. The van der Waals surface area contributed by atoms with Gasteiger partial charge in [0.25, 0.3) is 0 Å². The molecule has 0 aliphatic carbocycles. The Hall–Kier alpha value is -2.22. The lowest BCUT2D eigenvalue weighted by Gasteiger charge is -2.24. The Labute approximate surface area is 187 Å². The lowest BCUT2D eigenvalue weighted by atomic mass is 10.0. The van der Waals surface area contributed by atoms with Crippen molar-refractivity contribution in [2.75, 3.05) is 33.7 Å². The van der Waals surface area contributed by atoms with Crippen molar-refractivity contribution in [1.82, 2.24) is 14.5 Å². The molecule has 2 aromatic carbocycles. The first kappa shape index (κ1) is 25.0. The predicted octanol–water partition coefficient (Wildman–Crippen LogP) is 2.94. The van der Waals surface area contributed by atoms with E-state index in [0.717, 1.165) is 12.0 Å². The van der Waals surface area contributed by atoms with Crippen LogP contribution < -0.4 is 5.32 Å². The molecule has 0 saturated heterocycles. The number of carbonyl (C=O) groups is 1. The lowest BCUT2D eigenvalue weighted by molar-refractivity contribution is -0.121. The van der Waals surface area contributed by atoms with Gasteiger partial charge in [-0.05, 0) is 50.2 Å². The van der Waals surface area contributed by atoms with E-state index in [0.29, 0.717) is 37.4 Å². The molecule has 1 unspecified atom stereocenters. The van der Waals surface area contributed by atoms with Crippen LogP contribution in [0.15, 0.2) is 59.5 Å². The van der Waals surface area contributed by atoms with E-state index in [9.17, 15) is 13.2 Å².